The summed E-state index contributed by atoms with van der Waals surface area (Å²) in [6.07, 6.45) is 5.24. The second kappa shape index (κ2) is 7.65. The topological polar surface area (TPSA) is 59.4 Å². The number of nitrogens with zero attached hydrogens (tertiary/aromatic N) is 1. The van der Waals surface area contributed by atoms with Gasteiger partial charge in [-0.25, -0.2) is 4.39 Å². The first-order chi connectivity index (χ1) is 14.6. The van der Waals surface area contributed by atoms with Gasteiger partial charge < -0.3 is 9.84 Å². The molecule has 4 nitrogen and oxygen atoms in total. The Kier molecular flexibility index (Phi) is 4.83. The summed E-state index contributed by atoms with van der Waals surface area (Å²) >= 11 is 0. The van der Waals surface area contributed by atoms with Crippen LogP contribution in [0.1, 0.15) is 42.9 Å². The van der Waals surface area contributed by atoms with Gasteiger partial charge in [-0.15, -0.1) is 0 Å². The highest BCUT2D eigenvalue weighted by Crippen LogP contribution is 2.45. The summed E-state index contributed by atoms with van der Waals surface area (Å²) in [7, 11) is 0. The third kappa shape index (κ3) is 3.73. The minimum absolute atomic E-state index is 0.0377. The number of halogens is 1. The number of ether oxygens (including phenoxy) is 1. The molecule has 2 aliphatic rings. The molecule has 0 radical (unpaired) electrons. The largest absolute Gasteiger partial charge is 0.458 e. The van der Waals surface area contributed by atoms with Crippen LogP contribution in [0.2, 0.25) is 0 Å². The van der Waals surface area contributed by atoms with Crippen molar-refractivity contribution < 1.29 is 19.0 Å². The van der Waals surface area contributed by atoms with Gasteiger partial charge in [0.15, 0.2) is 0 Å². The van der Waals surface area contributed by atoms with Gasteiger partial charge in [0, 0.05) is 28.9 Å². The molecule has 1 aromatic heterocycles. The molecular weight excluding hydrogens is 381 g/mol. The summed E-state index contributed by atoms with van der Waals surface area (Å²) < 4.78 is 19.0. The van der Waals surface area contributed by atoms with Crippen LogP contribution >= 0.6 is 0 Å². The summed E-state index contributed by atoms with van der Waals surface area (Å²) in [6, 6.07) is 14.5. The molecule has 1 aliphatic carbocycles. The van der Waals surface area contributed by atoms with E-state index < -0.39 is 12.2 Å². The van der Waals surface area contributed by atoms with Crippen LogP contribution in [-0.4, -0.2) is 28.3 Å². The van der Waals surface area contributed by atoms with Crippen molar-refractivity contribution >= 4 is 22.9 Å². The van der Waals surface area contributed by atoms with Crippen molar-refractivity contribution in [2.75, 3.05) is 0 Å². The van der Waals surface area contributed by atoms with E-state index in [9.17, 15) is 14.3 Å². The third-order valence-electron chi connectivity index (χ3n) is 5.72. The van der Waals surface area contributed by atoms with Crippen LogP contribution in [0.5, 0.6) is 0 Å². The Morgan fingerprint density at radius 1 is 1.10 bits per heavy atom. The first-order valence-corrected chi connectivity index (χ1v) is 10.3. The van der Waals surface area contributed by atoms with E-state index in [0.29, 0.717) is 12.3 Å². The number of fused-ring (bicyclic) bond motifs is 1. The fraction of sp³-hybridized carbons (Fsp3) is 0.280. The maximum Gasteiger partial charge on any atom is 0.309 e. The zero-order valence-electron chi connectivity index (χ0n) is 16.4. The number of hydrogen-bond acceptors (Lipinski definition) is 4. The van der Waals surface area contributed by atoms with Crippen molar-refractivity contribution in [3.63, 3.8) is 0 Å². The van der Waals surface area contributed by atoms with Gasteiger partial charge in [-0.1, -0.05) is 36.4 Å². The summed E-state index contributed by atoms with van der Waals surface area (Å²) in [5.41, 5.74) is 4.82. The molecule has 2 heterocycles. The molecule has 5 heteroatoms. The van der Waals surface area contributed by atoms with Crippen molar-refractivity contribution in [1.29, 1.82) is 0 Å². The van der Waals surface area contributed by atoms with E-state index in [0.717, 1.165) is 46.1 Å². The second-order valence-electron chi connectivity index (χ2n) is 8.07. The first-order valence-electron chi connectivity index (χ1n) is 10.3. The van der Waals surface area contributed by atoms with E-state index in [1.807, 2.05) is 36.4 Å². The average Bonchev–Trinajstić information content (AvgIpc) is 3.57. The van der Waals surface area contributed by atoms with Gasteiger partial charge in [0.1, 0.15) is 11.9 Å². The van der Waals surface area contributed by atoms with E-state index in [1.54, 1.807) is 12.1 Å². The van der Waals surface area contributed by atoms with Crippen LogP contribution in [0.4, 0.5) is 4.39 Å². The Morgan fingerprint density at radius 2 is 1.87 bits per heavy atom. The normalized spacial score (nSPS) is 21.9. The molecule has 5 rings (SSSR count). The zero-order chi connectivity index (χ0) is 20.7. The lowest BCUT2D eigenvalue weighted by molar-refractivity contribution is -0.156. The fourth-order valence-corrected chi connectivity index (χ4v) is 4.14. The molecule has 1 saturated heterocycles. The highest BCUT2D eigenvalue weighted by molar-refractivity contribution is 5.99. The first kappa shape index (κ1) is 18.9. The number of carbonyl (C=O) groups is 1. The van der Waals surface area contributed by atoms with Crippen molar-refractivity contribution in [2.45, 2.75) is 43.8 Å². The lowest BCUT2D eigenvalue weighted by atomic mass is 9.92. The smallest absolute Gasteiger partial charge is 0.309 e. The van der Waals surface area contributed by atoms with Crippen LogP contribution < -0.4 is 0 Å². The second-order valence-corrected chi connectivity index (χ2v) is 8.07. The molecule has 3 aromatic rings. The monoisotopic (exact) mass is 403 g/mol. The Balaban J connectivity index is 1.68. The number of pyridine rings is 1. The van der Waals surface area contributed by atoms with Crippen molar-refractivity contribution in [3.05, 3.63) is 71.7 Å². The minimum atomic E-state index is -0.685. The van der Waals surface area contributed by atoms with Crippen LogP contribution in [0.15, 0.2) is 54.6 Å². The molecule has 0 unspecified atom stereocenters. The Bertz CT molecular complexity index is 1140. The van der Waals surface area contributed by atoms with Crippen molar-refractivity contribution in [2.24, 2.45) is 0 Å². The number of esters is 1. The van der Waals surface area contributed by atoms with Crippen LogP contribution in [0.25, 0.3) is 28.1 Å². The summed E-state index contributed by atoms with van der Waals surface area (Å²) in [5.74, 6) is -0.270. The zero-order valence-corrected chi connectivity index (χ0v) is 16.4. The predicted octanol–water partition coefficient (Wildman–Crippen LogP) is 5.00. The number of para-hydroxylation sites is 1. The number of benzene rings is 2. The molecule has 152 valence electrons. The maximum atomic E-state index is 13.6. The van der Waals surface area contributed by atoms with E-state index in [-0.39, 0.29) is 18.2 Å². The fourth-order valence-electron chi connectivity index (χ4n) is 4.14. The van der Waals surface area contributed by atoms with Crippen LogP contribution in [0, 0.1) is 5.82 Å². The summed E-state index contributed by atoms with van der Waals surface area (Å²) in [4.78, 5) is 16.7. The number of hydrogen-bond donors (Lipinski definition) is 1. The number of cyclic esters (lactones) is 1. The Morgan fingerprint density at radius 3 is 2.60 bits per heavy atom. The molecule has 0 amide bonds. The Hall–Kier alpha value is -3.05. The van der Waals surface area contributed by atoms with Gasteiger partial charge in [-0.05, 0) is 42.7 Å². The number of aliphatic hydroxyl groups is 1. The predicted molar refractivity (Wildman–Crippen MR) is 113 cm³/mol. The van der Waals surface area contributed by atoms with Gasteiger partial charge in [-0.3, -0.25) is 9.78 Å². The van der Waals surface area contributed by atoms with Crippen LogP contribution in [-0.2, 0) is 9.53 Å². The molecule has 2 atom stereocenters. The molecule has 2 aromatic carbocycles. The minimum Gasteiger partial charge on any atom is -0.458 e. The summed E-state index contributed by atoms with van der Waals surface area (Å²) in [5, 5.41) is 10.9. The summed E-state index contributed by atoms with van der Waals surface area (Å²) in [6.45, 7) is 0. The highest BCUT2D eigenvalue weighted by Gasteiger charge is 2.30. The average molecular weight is 403 g/mol. The van der Waals surface area contributed by atoms with Gasteiger partial charge in [0.05, 0.1) is 23.7 Å². The lowest BCUT2D eigenvalue weighted by Crippen LogP contribution is -2.31. The number of rotatable bonds is 4. The Labute approximate surface area is 174 Å². The highest BCUT2D eigenvalue weighted by atomic mass is 19.1. The molecule has 1 N–H and O–H groups in total. The number of aromatic nitrogens is 1. The molecule has 30 heavy (non-hydrogen) atoms. The van der Waals surface area contributed by atoms with Crippen molar-refractivity contribution in [1.82, 2.24) is 4.98 Å². The maximum absolute atomic E-state index is 13.6. The van der Waals surface area contributed by atoms with E-state index in [2.05, 4.69) is 0 Å². The van der Waals surface area contributed by atoms with Gasteiger partial charge in [0.2, 0.25) is 0 Å². The van der Waals surface area contributed by atoms with Crippen molar-refractivity contribution in [3.8, 4) is 11.1 Å². The molecule has 1 saturated carbocycles. The van der Waals surface area contributed by atoms with Gasteiger partial charge in [-0.2, -0.15) is 0 Å². The SMILES string of the molecule is O=C1C[C@H](O)C[C@@H](/C=C\c2c(C3CC3)nc3ccccc3c2-c2ccc(F)cc2)O1. The van der Waals surface area contributed by atoms with E-state index >= 15 is 0 Å². The molecular formula is C25H22FNO3. The lowest BCUT2D eigenvalue weighted by Gasteiger charge is -2.23. The van der Waals surface area contributed by atoms with Gasteiger partial charge >= 0.3 is 5.97 Å². The third-order valence-corrected chi connectivity index (χ3v) is 5.72. The molecule has 0 spiro atoms. The van der Waals surface area contributed by atoms with E-state index in [4.69, 9.17) is 9.72 Å². The standard InChI is InChI=1S/C25H22FNO3/c26-17-9-7-15(8-10-17)24-20-3-1-2-4-22(20)27-25(16-5-6-16)21(24)12-11-19-13-18(28)14-23(29)30-19/h1-4,7-12,16,18-19,28H,5-6,13-14H2/b12-11-/t18-,19-/m1/s1. The molecule has 1 aliphatic heterocycles. The number of aliphatic hydroxyl groups excluding tert-OH is 1. The molecule has 2 fully saturated rings. The quantitative estimate of drug-likeness (QED) is 0.623. The number of carbonyl (C=O) groups excluding carboxylic acids is 1. The van der Waals surface area contributed by atoms with Gasteiger partial charge in [0.25, 0.3) is 0 Å². The molecule has 0 bridgehead atoms. The van der Waals surface area contributed by atoms with E-state index in [1.165, 1.54) is 12.1 Å². The van der Waals surface area contributed by atoms with Crippen LogP contribution in [0.3, 0.4) is 0 Å².